The number of amides is 1. The van der Waals surface area contributed by atoms with Gasteiger partial charge in [0.15, 0.2) is 0 Å². The molecular formula is C20H27ClN2O2S. The fourth-order valence-electron chi connectivity index (χ4n) is 3.24. The molecule has 1 amide bonds. The van der Waals surface area contributed by atoms with Gasteiger partial charge in [-0.15, -0.1) is 23.7 Å². The van der Waals surface area contributed by atoms with Crippen LogP contribution in [0.1, 0.15) is 34.3 Å². The van der Waals surface area contributed by atoms with Crippen molar-refractivity contribution < 1.29 is 9.53 Å². The molecular weight excluding hydrogens is 368 g/mol. The van der Waals surface area contributed by atoms with Crippen molar-refractivity contribution in [2.24, 2.45) is 5.41 Å². The number of carbonyl (C=O) groups is 1. The Kier molecular flexibility index (Phi) is 7.09. The van der Waals surface area contributed by atoms with Gasteiger partial charge >= 0.3 is 0 Å². The van der Waals surface area contributed by atoms with Gasteiger partial charge < -0.3 is 15.4 Å². The lowest BCUT2D eigenvalue weighted by molar-refractivity contribution is 0.0926. The number of ether oxygens (including phenoxy) is 1. The van der Waals surface area contributed by atoms with Crippen molar-refractivity contribution in [2.75, 3.05) is 26.7 Å². The number of thiophene rings is 1. The number of rotatable bonds is 5. The highest BCUT2D eigenvalue weighted by Gasteiger charge is 2.27. The zero-order chi connectivity index (χ0) is 17.9. The van der Waals surface area contributed by atoms with E-state index in [1.165, 1.54) is 0 Å². The Bertz CT molecular complexity index is 737. The lowest BCUT2D eigenvalue weighted by atomic mass is 9.81. The minimum atomic E-state index is 0. The van der Waals surface area contributed by atoms with Gasteiger partial charge in [0.25, 0.3) is 5.91 Å². The molecule has 0 saturated carbocycles. The van der Waals surface area contributed by atoms with Crippen LogP contribution < -0.4 is 15.4 Å². The first kappa shape index (κ1) is 20.7. The topological polar surface area (TPSA) is 50.4 Å². The molecule has 0 bridgehead atoms. The highest BCUT2D eigenvalue weighted by Crippen LogP contribution is 2.32. The number of nitrogens with one attached hydrogen (secondary N) is 2. The van der Waals surface area contributed by atoms with Gasteiger partial charge in [-0.1, -0.05) is 19.1 Å². The Morgan fingerprint density at radius 3 is 2.54 bits per heavy atom. The summed E-state index contributed by atoms with van der Waals surface area (Å²) >= 11 is 1.56. The Labute approximate surface area is 165 Å². The Hall–Kier alpha value is -1.56. The summed E-state index contributed by atoms with van der Waals surface area (Å²) in [5.41, 5.74) is 2.43. The average Bonchev–Trinajstić information content (AvgIpc) is 3.02. The van der Waals surface area contributed by atoms with E-state index in [2.05, 4.69) is 24.5 Å². The summed E-state index contributed by atoms with van der Waals surface area (Å²) in [6, 6.07) is 9.97. The van der Waals surface area contributed by atoms with Crippen LogP contribution in [0.3, 0.4) is 0 Å². The van der Waals surface area contributed by atoms with E-state index >= 15 is 0 Å². The van der Waals surface area contributed by atoms with Crippen molar-refractivity contribution >= 4 is 29.7 Å². The van der Waals surface area contributed by atoms with Gasteiger partial charge in [-0.3, -0.25) is 4.79 Å². The van der Waals surface area contributed by atoms with Crippen LogP contribution >= 0.6 is 23.7 Å². The second kappa shape index (κ2) is 8.89. The highest BCUT2D eigenvalue weighted by molar-refractivity contribution is 7.14. The van der Waals surface area contributed by atoms with E-state index in [-0.39, 0.29) is 23.7 Å². The second-order valence-corrected chi connectivity index (χ2v) is 8.31. The van der Waals surface area contributed by atoms with E-state index in [4.69, 9.17) is 4.74 Å². The highest BCUT2D eigenvalue weighted by atomic mass is 35.5. The van der Waals surface area contributed by atoms with Crippen LogP contribution in [0.25, 0.3) is 11.1 Å². The quantitative estimate of drug-likeness (QED) is 0.796. The third kappa shape index (κ3) is 4.78. The van der Waals surface area contributed by atoms with Crippen molar-refractivity contribution in [3.63, 3.8) is 0 Å². The van der Waals surface area contributed by atoms with Crippen LogP contribution in [0.4, 0.5) is 0 Å². The number of benzene rings is 1. The third-order valence-electron chi connectivity index (χ3n) is 5.03. The standard InChI is InChI=1S/C20H26N2O2S.ClH/c1-14-17(15-4-6-16(24-3)7-5-15)12-18(25-14)19(23)22-13-20(2)8-10-21-11-9-20;/h4-7,12,21H,8-11,13H2,1-3H3,(H,22,23);1H. The summed E-state index contributed by atoms with van der Waals surface area (Å²) in [4.78, 5) is 14.5. The maximum atomic E-state index is 12.6. The smallest absolute Gasteiger partial charge is 0.261 e. The van der Waals surface area contributed by atoms with E-state index < -0.39 is 0 Å². The predicted molar refractivity (Wildman–Crippen MR) is 111 cm³/mol. The van der Waals surface area contributed by atoms with Crippen LogP contribution in [-0.4, -0.2) is 32.7 Å². The van der Waals surface area contributed by atoms with Gasteiger partial charge in [0, 0.05) is 11.4 Å². The molecule has 6 heteroatoms. The summed E-state index contributed by atoms with van der Waals surface area (Å²) in [6.45, 7) is 7.13. The molecule has 3 rings (SSSR count). The number of carbonyl (C=O) groups excluding carboxylic acids is 1. The largest absolute Gasteiger partial charge is 0.497 e. The maximum absolute atomic E-state index is 12.6. The van der Waals surface area contributed by atoms with Crippen molar-refractivity contribution in [3.05, 3.63) is 40.1 Å². The minimum absolute atomic E-state index is 0. The molecule has 1 fully saturated rings. The molecule has 26 heavy (non-hydrogen) atoms. The van der Waals surface area contributed by atoms with Gasteiger partial charge in [0.2, 0.25) is 0 Å². The van der Waals surface area contributed by atoms with Gasteiger partial charge in [0.05, 0.1) is 12.0 Å². The lowest BCUT2D eigenvalue weighted by Crippen LogP contribution is -2.42. The first-order valence-electron chi connectivity index (χ1n) is 8.74. The Balaban J connectivity index is 0.00000243. The second-order valence-electron chi connectivity index (χ2n) is 7.05. The van der Waals surface area contributed by atoms with Crippen molar-refractivity contribution in [2.45, 2.75) is 26.7 Å². The summed E-state index contributed by atoms with van der Waals surface area (Å²) in [6.07, 6.45) is 2.21. The Morgan fingerprint density at radius 2 is 1.92 bits per heavy atom. The number of hydrogen-bond acceptors (Lipinski definition) is 4. The van der Waals surface area contributed by atoms with E-state index in [0.29, 0.717) is 0 Å². The summed E-state index contributed by atoms with van der Waals surface area (Å²) in [7, 11) is 1.66. The van der Waals surface area contributed by atoms with E-state index in [1.807, 2.05) is 30.3 Å². The molecule has 4 nitrogen and oxygen atoms in total. The third-order valence-corrected chi connectivity index (χ3v) is 6.08. The number of piperidine rings is 1. The number of aryl methyl sites for hydroxylation is 1. The molecule has 1 aromatic heterocycles. The molecule has 0 radical (unpaired) electrons. The average molecular weight is 395 g/mol. The fraction of sp³-hybridized carbons (Fsp3) is 0.450. The molecule has 2 N–H and O–H groups in total. The van der Waals surface area contributed by atoms with Crippen LogP contribution in [0, 0.1) is 12.3 Å². The van der Waals surface area contributed by atoms with E-state index in [9.17, 15) is 4.79 Å². The maximum Gasteiger partial charge on any atom is 0.261 e. The normalized spacial score (nSPS) is 15.8. The van der Waals surface area contributed by atoms with Crippen LogP contribution in [0.15, 0.2) is 30.3 Å². The van der Waals surface area contributed by atoms with E-state index in [0.717, 1.165) is 59.1 Å². The number of methoxy groups -OCH3 is 1. The molecule has 0 spiro atoms. The van der Waals surface area contributed by atoms with Crippen LogP contribution in [0.2, 0.25) is 0 Å². The molecule has 0 aliphatic carbocycles. The zero-order valence-electron chi connectivity index (χ0n) is 15.6. The molecule has 0 unspecified atom stereocenters. The van der Waals surface area contributed by atoms with Crippen molar-refractivity contribution in [1.29, 1.82) is 0 Å². The van der Waals surface area contributed by atoms with Gasteiger partial charge in [-0.25, -0.2) is 0 Å². The van der Waals surface area contributed by atoms with Gasteiger partial charge in [0.1, 0.15) is 5.75 Å². The van der Waals surface area contributed by atoms with Gasteiger partial charge in [-0.05, 0) is 67.6 Å². The first-order valence-corrected chi connectivity index (χ1v) is 9.56. The fourth-order valence-corrected chi connectivity index (χ4v) is 4.20. The molecule has 2 aromatic rings. The summed E-state index contributed by atoms with van der Waals surface area (Å²) in [5.74, 6) is 0.873. The van der Waals surface area contributed by atoms with Gasteiger partial charge in [-0.2, -0.15) is 0 Å². The Morgan fingerprint density at radius 1 is 1.27 bits per heavy atom. The van der Waals surface area contributed by atoms with E-state index in [1.54, 1.807) is 18.4 Å². The number of hydrogen-bond donors (Lipinski definition) is 2. The minimum Gasteiger partial charge on any atom is -0.497 e. The zero-order valence-corrected chi connectivity index (χ0v) is 17.2. The molecule has 142 valence electrons. The first-order chi connectivity index (χ1) is 12.0. The van der Waals surface area contributed by atoms with Crippen LogP contribution in [0.5, 0.6) is 5.75 Å². The number of halogens is 1. The molecule has 1 aliphatic rings. The molecule has 2 heterocycles. The predicted octanol–water partition coefficient (Wildman–Crippen LogP) is 4.27. The SMILES string of the molecule is COc1ccc(-c2cc(C(=O)NCC3(C)CCNCC3)sc2C)cc1.Cl. The molecule has 1 saturated heterocycles. The summed E-state index contributed by atoms with van der Waals surface area (Å²) in [5, 5.41) is 6.52. The van der Waals surface area contributed by atoms with Crippen molar-refractivity contribution in [1.82, 2.24) is 10.6 Å². The molecule has 1 aromatic carbocycles. The molecule has 0 atom stereocenters. The summed E-state index contributed by atoms with van der Waals surface area (Å²) < 4.78 is 5.21. The van der Waals surface area contributed by atoms with Crippen molar-refractivity contribution in [3.8, 4) is 16.9 Å². The molecule has 1 aliphatic heterocycles. The van der Waals surface area contributed by atoms with Crippen LogP contribution in [-0.2, 0) is 0 Å². The lowest BCUT2D eigenvalue weighted by Gasteiger charge is -2.34. The monoisotopic (exact) mass is 394 g/mol.